The van der Waals surface area contributed by atoms with Crippen molar-refractivity contribution in [3.8, 4) is 0 Å². The van der Waals surface area contributed by atoms with Crippen molar-refractivity contribution in [2.45, 2.75) is 38.8 Å². The zero-order valence-corrected chi connectivity index (χ0v) is 14.0. The van der Waals surface area contributed by atoms with Gasteiger partial charge in [-0.2, -0.15) is 0 Å². The van der Waals surface area contributed by atoms with Crippen molar-refractivity contribution in [2.75, 3.05) is 37.7 Å². The number of hydrogen-bond donors (Lipinski definition) is 1. The maximum Gasteiger partial charge on any atom is 0.317 e. The van der Waals surface area contributed by atoms with Gasteiger partial charge in [-0.15, -0.1) is 0 Å². The van der Waals surface area contributed by atoms with E-state index in [9.17, 15) is 4.79 Å². The van der Waals surface area contributed by atoms with E-state index in [2.05, 4.69) is 41.4 Å². The predicted molar refractivity (Wildman–Crippen MR) is 91.7 cm³/mol. The predicted octanol–water partition coefficient (Wildman–Crippen LogP) is 2.61. The van der Waals surface area contributed by atoms with Gasteiger partial charge in [-0.25, -0.2) is 4.79 Å². The Labute approximate surface area is 138 Å². The van der Waals surface area contributed by atoms with Crippen molar-refractivity contribution in [2.24, 2.45) is 0 Å². The van der Waals surface area contributed by atoms with Crippen molar-refractivity contribution < 1.29 is 9.53 Å². The molecule has 0 radical (unpaired) electrons. The van der Waals surface area contributed by atoms with Crippen LogP contribution in [0.25, 0.3) is 0 Å². The normalized spacial score (nSPS) is 22.0. The van der Waals surface area contributed by atoms with E-state index in [0.29, 0.717) is 12.6 Å². The zero-order valence-electron chi connectivity index (χ0n) is 14.0. The smallest absolute Gasteiger partial charge is 0.317 e. The highest BCUT2D eigenvalue weighted by molar-refractivity contribution is 5.74. The van der Waals surface area contributed by atoms with Crippen LogP contribution in [0, 0.1) is 0 Å². The second-order valence-corrected chi connectivity index (χ2v) is 6.46. The van der Waals surface area contributed by atoms with Gasteiger partial charge >= 0.3 is 6.03 Å². The Hall–Kier alpha value is -1.75. The molecule has 2 aliphatic rings. The summed E-state index contributed by atoms with van der Waals surface area (Å²) in [5.74, 6) is 0. The molecule has 1 N–H and O–H groups in total. The van der Waals surface area contributed by atoms with Gasteiger partial charge in [0.2, 0.25) is 0 Å². The molecule has 0 spiro atoms. The number of carbonyl (C=O) groups is 1. The van der Waals surface area contributed by atoms with E-state index < -0.39 is 0 Å². The van der Waals surface area contributed by atoms with Crippen molar-refractivity contribution in [1.29, 1.82) is 0 Å². The lowest BCUT2D eigenvalue weighted by Gasteiger charge is -2.33. The average molecular weight is 317 g/mol. The first kappa shape index (κ1) is 16.1. The molecule has 3 rings (SSSR count). The zero-order chi connectivity index (χ0) is 16.1. The standard InChI is InChI=1S/C18H27N3O2/c1-15-4-2-3-9-21(15)18(22)19-14-16-5-7-17(8-6-16)20-10-12-23-13-11-20/h5-8,15H,2-4,9-14H2,1H3,(H,19,22). The summed E-state index contributed by atoms with van der Waals surface area (Å²) in [4.78, 5) is 16.6. The molecule has 2 fully saturated rings. The van der Waals surface area contributed by atoms with Crippen molar-refractivity contribution in [3.05, 3.63) is 29.8 Å². The van der Waals surface area contributed by atoms with Crippen molar-refractivity contribution in [3.63, 3.8) is 0 Å². The number of carbonyl (C=O) groups excluding carboxylic acids is 1. The number of ether oxygens (including phenoxy) is 1. The molecule has 1 unspecified atom stereocenters. The topological polar surface area (TPSA) is 44.8 Å². The van der Waals surface area contributed by atoms with E-state index in [-0.39, 0.29) is 6.03 Å². The van der Waals surface area contributed by atoms with Gasteiger partial charge in [-0.1, -0.05) is 12.1 Å². The summed E-state index contributed by atoms with van der Waals surface area (Å²) in [5, 5.41) is 3.05. The molecular formula is C18H27N3O2. The Kier molecular flexibility index (Phi) is 5.39. The Morgan fingerprint density at radius 3 is 2.61 bits per heavy atom. The molecule has 0 aromatic heterocycles. The molecule has 1 atom stereocenters. The van der Waals surface area contributed by atoms with E-state index in [0.717, 1.165) is 51.3 Å². The number of anilines is 1. The van der Waals surface area contributed by atoms with Crippen LogP contribution in [0.3, 0.4) is 0 Å². The lowest BCUT2D eigenvalue weighted by atomic mass is 10.0. The third kappa shape index (κ3) is 4.16. The van der Waals surface area contributed by atoms with Gasteiger partial charge in [-0.3, -0.25) is 0 Å². The summed E-state index contributed by atoms with van der Waals surface area (Å²) in [6, 6.07) is 8.89. The van der Waals surface area contributed by atoms with E-state index in [1.807, 2.05) is 4.90 Å². The van der Waals surface area contributed by atoms with Gasteiger partial charge in [0, 0.05) is 37.9 Å². The number of urea groups is 1. The Morgan fingerprint density at radius 2 is 1.91 bits per heavy atom. The second-order valence-electron chi connectivity index (χ2n) is 6.46. The van der Waals surface area contributed by atoms with Crippen LogP contribution in [-0.4, -0.2) is 49.8 Å². The minimum absolute atomic E-state index is 0.0643. The first-order valence-electron chi connectivity index (χ1n) is 8.70. The van der Waals surface area contributed by atoms with Crippen LogP contribution in [-0.2, 0) is 11.3 Å². The monoisotopic (exact) mass is 317 g/mol. The van der Waals surface area contributed by atoms with Gasteiger partial charge in [0.1, 0.15) is 0 Å². The Balaban J connectivity index is 1.51. The fraction of sp³-hybridized carbons (Fsp3) is 0.611. The van der Waals surface area contributed by atoms with Crippen molar-refractivity contribution in [1.82, 2.24) is 10.2 Å². The minimum Gasteiger partial charge on any atom is -0.378 e. The molecule has 2 aliphatic heterocycles. The summed E-state index contributed by atoms with van der Waals surface area (Å²) < 4.78 is 5.38. The largest absolute Gasteiger partial charge is 0.378 e. The van der Waals surface area contributed by atoms with Crippen LogP contribution in [0.4, 0.5) is 10.5 Å². The van der Waals surface area contributed by atoms with Crippen LogP contribution >= 0.6 is 0 Å². The fourth-order valence-corrected chi connectivity index (χ4v) is 3.33. The number of piperidine rings is 1. The maximum absolute atomic E-state index is 12.3. The van der Waals surface area contributed by atoms with E-state index in [1.54, 1.807) is 0 Å². The SMILES string of the molecule is CC1CCCCN1C(=O)NCc1ccc(N2CCOCC2)cc1. The molecule has 0 bridgehead atoms. The lowest BCUT2D eigenvalue weighted by Crippen LogP contribution is -2.47. The number of amides is 2. The molecule has 5 heteroatoms. The summed E-state index contributed by atoms with van der Waals surface area (Å²) >= 11 is 0. The third-order valence-electron chi connectivity index (χ3n) is 4.82. The molecule has 2 heterocycles. The minimum atomic E-state index is 0.0643. The van der Waals surface area contributed by atoms with E-state index in [1.165, 1.54) is 12.1 Å². The van der Waals surface area contributed by atoms with Gasteiger partial charge in [0.05, 0.1) is 13.2 Å². The molecule has 2 saturated heterocycles. The van der Waals surface area contributed by atoms with Crippen LogP contribution in [0.2, 0.25) is 0 Å². The van der Waals surface area contributed by atoms with Crippen LogP contribution in [0.5, 0.6) is 0 Å². The molecule has 1 aromatic rings. The lowest BCUT2D eigenvalue weighted by molar-refractivity contribution is 0.122. The number of rotatable bonds is 3. The molecule has 0 saturated carbocycles. The average Bonchev–Trinajstić information content (AvgIpc) is 2.61. The van der Waals surface area contributed by atoms with Crippen LogP contribution in [0.15, 0.2) is 24.3 Å². The molecule has 2 amide bonds. The van der Waals surface area contributed by atoms with Gasteiger partial charge < -0.3 is 19.9 Å². The number of benzene rings is 1. The highest BCUT2D eigenvalue weighted by atomic mass is 16.5. The quantitative estimate of drug-likeness (QED) is 0.932. The fourth-order valence-electron chi connectivity index (χ4n) is 3.33. The number of hydrogen-bond acceptors (Lipinski definition) is 3. The molecular weight excluding hydrogens is 290 g/mol. The number of likely N-dealkylation sites (tertiary alicyclic amines) is 1. The molecule has 5 nitrogen and oxygen atoms in total. The summed E-state index contributed by atoms with van der Waals surface area (Å²) in [7, 11) is 0. The maximum atomic E-state index is 12.3. The van der Waals surface area contributed by atoms with Crippen LogP contribution < -0.4 is 10.2 Å². The highest BCUT2D eigenvalue weighted by Crippen LogP contribution is 2.18. The Bertz CT molecular complexity index is 512. The van der Waals surface area contributed by atoms with Gasteiger partial charge in [0.15, 0.2) is 0 Å². The van der Waals surface area contributed by atoms with Gasteiger partial charge in [-0.05, 0) is 43.9 Å². The molecule has 23 heavy (non-hydrogen) atoms. The second kappa shape index (κ2) is 7.68. The summed E-state index contributed by atoms with van der Waals surface area (Å²) in [6.07, 6.45) is 3.46. The highest BCUT2D eigenvalue weighted by Gasteiger charge is 2.22. The Morgan fingerprint density at radius 1 is 1.17 bits per heavy atom. The van der Waals surface area contributed by atoms with E-state index in [4.69, 9.17) is 4.74 Å². The summed E-state index contributed by atoms with van der Waals surface area (Å²) in [5.41, 5.74) is 2.37. The third-order valence-corrected chi connectivity index (χ3v) is 4.82. The number of nitrogens with zero attached hydrogens (tertiary/aromatic N) is 2. The number of morpholine rings is 1. The molecule has 1 aromatic carbocycles. The molecule has 126 valence electrons. The molecule has 0 aliphatic carbocycles. The van der Waals surface area contributed by atoms with Crippen molar-refractivity contribution >= 4 is 11.7 Å². The van der Waals surface area contributed by atoms with Gasteiger partial charge in [0.25, 0.3) is 0 Å². The van der Waals surface area contributed by atoms with E-state index >= 15 is 0 Å². The number of nitrogens with one attached hydrogen (secondary N) is 1. The van der Waals surface area contributed by atoms with Crippen LogP contribution in [0.1, 0.15) is 31.7 Å². The summed E-state index contributed by atoms with van der Waals surface area (Å²) in [6.45, 7) is 7.09. The first-order valence-corrected chi connectivity index (χ1v) is 8.70. The first-order chi connectivity index (χ1) is 11.2.